The number of ether oxygens (including phenoxy) is 1. The molecular weight excluding hydrogens is 522 g/mol. The maximum Gasteiger partial charge on any atom is 0.241 e. The molecule has 6 rings (SSSR count). The van der Waals surface area contributed by atoms with E-state index < -0.39 is 46.9 Å². The third-order valence-electron chi connectivity index (χ3n) is 6.81. The molecule has 3 aromatic carbocycles. The molecule has 1 aliphatic carbocycles. The predicted molar refractivity (Wildman–Crippen MR) is 127 cm³/mol. The van der Waals surface area contributed by atoms with Crippen molar-refractivity contribution in [2.45, 2.75) is 11.7 Å². The van der Waals surface area contributed by atoms with E-state index in [2.05, 4.69) is 15.9 Å². The van der Waals surface area contributed by atoms with E-state index in [4.69, 9.17) is 16.3 Å². The zero-order valence-corrected chi connectivity index (χ0v) is 19.7. The van der Waals surface area contributed by atoms with Gasteiger partial charge in [-0.1, -0.05) is 60.1 Å². The highest BCUT2D eigenvalue weighted by atomic mass is 79.9. The fourth-order valence-corrected chi connectivity index (χ4v) is 5.93. The van der Waals surface area contributed by atoms with Gasteiger partial charge in [0.2, 0.25) is 29.0 Å². The molecule has 34 heavy (non-hydrogen) atoms. The van der Waals surface area contributed by atoms with Crippen LogP contribution in [0.2, 0.25) is 5.02 Å². The molecule has 1 spiro atoms. The first kappa shape index (κ1) is 21.4. The van der Waals surface area contributed by atoms with Crippen LogP contribution in [0.3, 0.4) is 0 Å². The van der Waals surface area contributed by atoms with Gasteiger partial charge < -0.3 is 4.74 Å². The first-order chi connectivity index (χ1) is 16.4. The minimum atomic E-state index is -2.10. The number of amides is 2. The largest absolute Gasteiger partial charge is 0.349 e. The molecule has 2 heterocycles. The fraction of sp³-hybridized carbons (Fsp3) is 0.154. The van der Waals surface area contributed by atoms with Crippen molar-refractivity contribution in [1.29, 1.82) is 0 Å². The van der Waals surface area contributed by atoms with Crippen LogP contribution in [-0.4, -0.2) is 29.0 Å². The second-order valence-corrected chi connectivity index (χ2v) is 9.79. The maximum absolute atomic E-state index is 13.9. The van der Waals surface area contributed by atoms with E-state index in [0.29, 0.717) is 20.7 Å². The number of benzene rings is 3. The summed E-state index contributed by atoms with van der Waals surface area (Å²) in [6.07, 6.45) is -0.978. The zero-order valence-electron chi connectivity index (χ0n) is 17.4. The van der Waals surface area contributed by atoms with Crippen molar-refractivity contribution in [1.82, 2.24) is 0 Å². The van der Waals surface area contributed by atoms with Crippen LogP contribution in [0.5, 0.6) is 0 Å². The number of para-hydroxylation sites is 1. The number of anilines is 1. The van der Waals surface area contributed by atoms with Gasteiger partial charge in [-0.3, -0.25) is 19.2 Å². The summed E-state index contributed by atoms with van der Waals surface area (Å²) in [5, 5.41) is 0.483. The molecule has 2 amide bonds. The number of Topliss-reactive ketones (excluding diaryl/α,β-unsaturated/α-hetero) is 2. The monoisotopic (exact) mass is 535 g/mol. The molecular formula is C26H15BrClNO5. The third kappa shape index (κ3) is 2.66. The van der Waals surface area contributed by atoms with Crippen LogP contribution in [0.25, 0.3) is 0 Å². The molecule has 0 N–H and O–H groups in total. The van der Waals surface area contributed by atoms with Crippen LogP contribution in [0.15, 0.2) is 77.3 Å². The van der Waals surface area contributed by atoms with Crippen molar-refractivity contribution < 1.29 is 23.9 Å². The summed E-state index contributed by atoms with van der Waals surface area (Å²) in [4.78, 5) is 56.1. The van der Waals surface area contributed by atoms with Gasteiger partial charge >= 0.3 is 0 Å². The summed E-state index contributed by atoms with van der Waals surface area (Å²) < 4.78 is 6.79. The Kier molecular flexibility index (Phi) is 4.68. The average molecular weight is 537 g/mol. The van der Waals surface area contributed by atoms with Gasteiger partial charge in [0, 0.05) is 20.6 Å². The Labute approximate surface area is 207 Å². The van der Waals surface area contributed by atoms with E-state index >= 15 is 0 Å². The van der Waals surface area contributed by atoms with Crippen molar-refractivity contribution in [3.05, 3.63) is 99.0 Å². The van der Waals surface area contributed by atoms with Crippen molar-refractivity contribution in [3.8, 4) is 0 Å². The van der Waals surface area contributed by atoms with Crippen molar-refractivity contribution in [3.63, 3.8) is 0 Å². The summed E-state index contributed by atoms with van der Waals surface area (Å²) in [6, 6.07) is 19.9. The van der Waals surface area contributed by atoms with E-state index in [1.165, 1.54) is 0 Å². The van der Waals surface area contributed by atoms with Crippen LogP contribution in [0, 0.1) is 11.8 Å². The lowest BCUT2D eigenvalue weighted by Gasteiger charge is -2.27. The summed E-state index contributed by atoms with van der Waals surface area (Å²) in [5.41, 5.74) is -0.790. The molecule has 2 fully saturated rings. The number of ketones is 2. The number of fused-ring (bicyclic) bond motifs is 3. The Hall–Kier alpha value is -3.13. The highest BCUT2D eigenvalue weighted by Gasteiger charge is 2.74. The van der Waals surface area contributed by atoms with Crippen LogP contribution in [0.1, 0.15) is 32.4 Å². The molecule has 2 aliphatic heterocycles. The number of rotatable bonds is 2. The van der Waals surface area contributed by atoms with E-state index in [0.717, 1.165) is 4.90 Å². The highest BCUT2D eigenvalue weighted by molar-refractivity contribution is 9.10. The van der Waals surface area contributed by atoms with E-state index in [9.17, 15) is 19.2 Å². The molecule has 0 saturated carbocycles. The normalized spacial score (nSPS) is 24.8. The molecule has 2 saturated heterocycles. The number of halogens is 2. The molecule has 8 heteroatoms. The van der Waals surface area contributed by atoms with Gasteiger partial charge in [-0.25, -0.2) is 4.90 Å². The van der Waals surface area contributed by atoms with Gasteiger partial charge in [-0.15, -0.1) is 0 Å². The molecule has 0 unspecified atom stereocenters. The van der Waals surface area contributed by atoms with E-state index in [1.54, 1.807) is 72.8 Å². The number of carbonyl (C=O) groups excluding carboxylic acids is 4. The fourth-order valence-electron chi connectivity index (χ4n) is 5.34. The maximum atomic E-state index is 13.9. The van der Waals surface area contributed by atoms with Crippen molar-refractivity contribution in [2.75, 3.05) is 4.90 Å². The smallest absolute Gasteiger partial charge is 0.241 e. The zero-order chi connectivity index (χ0) is 23.8. The lowest BCUT2D eigenvalue weighted by atomic mass is 9.77. The number of nitrogens with zero attached hydrogens (tertiary/aromatic N) is 1. The second kappa shape index (κ2) is 7.43. The lowest BCUT2D eigenvalue weighted by Crippen LogP contribution is -2.51. The van der Waals surface area contributed by atoms with Crippen LogP contribution < -0.4 is 4.90 Å². The highest BCUT2D eigenvalue weighted by Crippen LogP contribution is 2.58. The predicted octanol–water partition coefficient (Wildman–Crippen LogP) is 4.80. The number of carbonyl (C=O) groups is 4. The molecule has 3 aromatic rings. The van der Waals surface area contributed by atoms with E-state index in [-0.39, 0.29) is 11.1 Å². The van der Waals surface area contributed by atoms with Gasteiger partial charge in [0.05, 0.1) is 23.6 Å². The second-order valence-electron chi connectivity index (χ2n) is 8.50. The molecule has 0 aromatic heterocycles. The number of hydrogen-bond acceptors (Lipinski definition) is 5. The minimum absolute atomic E-state index is 0.197. The Morgan fingerprint density at radius 3 is 2.00 bits per heavy atom. The molecule has 168 valence electrons. The molecule has 3 atom stereocenters. The molecule has 3 aliphatic rings. The van der Waals surface area contributed by atoms with Crippen LogP contribution >= 0.6 is 27.5 Å². The first-order valence-corrected chi connectivity index (χ1v) is 11.8. The standard InChI is InChI=1S/C26H15BrClNO5/c27-17-7-3-4-8-18(17)29-24(32)19-20(25(29)33)26(34-21(19)13-9-11-14(28)12-10-13)22(30)15-5-1-2-6-16(15)23(26)31/h1-12,19-21H/t19-,20-,21+/m0/s1. The number of hydrogen-bond donors (Lipinski definition) is 0. The Morgan fingerprint density at radius 1 is 0.794 bits per heavy atom. The Morgan fingerprint density at radius 2 is 1.38 bits per heavy atom. The van der Waals surface area contributed by atoms with E-state index in [1.807, 2.05) is 0 Å². The minimum Gasteiger partial charge on any atom is -0.349 e. The van der Waals surface area contributed by atoms with Crippen LogP contribution in [0.4, 0.5) is 5.69 Å². The Bertz CT molecular complexity index is 1380. The van der Waals surface area contributed by atoms with Gasteiger partial charge in [-0.2, -0.15) is 0 Å². The van der Waals surface area contributed by atoms with Crippen molar-refractivity contribution in [2.24, 2.45) is 11.8 Å². The quantitative estimate of drug-likeness (QED) is 0.347. The first-order valence-electron chi connectivity index (χ1n) is 10.6. The molecule has 0 bridgehead atoms. The lowest BCUT2D eigenvalue weighted by molar-refractivity contribution is -0.127. The van der Waals surface area contributed by atoms with Crippen LogP contribution in [-0.2, 0) is 14.3 Å². The van der Waals surface area contributed by atoms with Gasteiger partial charge in [0.15, 0.2) is 0 Å². The summed E-state index contributed by atoms with van der Waals surface area (Å²) >= 11 is 9.45. The molecule has 0 radical (unpaired) electrons. The molecule has 6 nitrogen and oxygen atoms in total. The Balaban J connectivity index is 1.56. The number of imide groups is 1. The summed E-state index contributed by atoms with van der Waals surface area (Å²) in [7, 11) is 0. The average Bonchev–Trinajstić information content (AvgIpc) is 3.40. The third-order valence-corrected chi connectivity index (χ3v) is 7.73. The summed E-state index contributed by atoms with van der Waals surface area (Å²) in [6.45, 7) is 0. The van der Waals surface area contributed by atoms with Crippen molar-refractivity contribution >= 4 is 56.6 Å². The van der Waals surface area contributed by atoms with Gasteiger partial charge in [0.25, 0.3) is 0 Å². The SMILES string of the molecule is O=C1[C@@H]2[C@@H](c3ccc(Cl)cc3)OC3(C(=O)c4ccccc4C3=O)[C@@H]2C(=O)N1c1ccccc1Br. The van der Waals surface area contributed by atoms with Gasteiger partial charge in [0.1, 0.15) is 0 Å². The topological polar surface area (TPSA) is 80.8 Å². The van der Waals surface area contributed by atoms with Gasteiger partial charge in [-0.05, 0) is 45.8 Å². The summed E-state index contributed by atoms with van der Waals surface area (Å²) in [5.74, 6) is -4.67.